The summed E-state index contributed by atoms with van der Waals surface area (Å²) >= 11 is 0. The third-order valence-electron chi connectivity index (χ3n) is 1.53. The highest BCUT2D eigenvalue weighted by molar-refractivity contribution is 7.44. The molecule has 3 heteroatoms. The summed E-state index contributed by atoms with van der Waals surface area (Å²) in [4.78, 5) is 0. The Morgan fingerprint density at radius 1 is 1.45 bits per heavy atom. The number of nitrogens with zero attached hydrogens (tertiary/aromatic N) is 1. The topological polar surface area (TPSA) is 9.23 Å². The van der Waals surface area contributed by atoms with Crippen LogP contribution in [-0.2, 0) is 4.74 Å². The van der Waals surface area contributed by atoms with Crippen LogP contribution in [0.1, 0.15) is 0 Å². The van der Waals surface area contributed by atoms with Crippen molar-refractivity contribution in [3.05, 3.63) is 11.9 Å². The van der Waals surface area contributed by atoms with Gasteiger partial charge in [-0.1, -0.05) is 0 Å². The fraction of sp³-hybridized carbons (Fsp3) is 0.750. The van der Waals surface area contributed by atoms with Gasteiger partial charge in [-0.3, -0.25) is 0 Å². The number of rotatable bonds is 4. The molecular formula is C8H16NOP. The largest absolute Gasteiger partial charge is 0.478 e. The van der Waals surface area contributed by atoms with Crippen molar-refractivity contribution in [3.8, 4) is 0 Å². The first kappa shape index (κ1) is 9.18. The number of likely N-dealkylation sites (N-methyl/N-ethyl adjacent to an activating group) is 1. The molecule has 0 aromatic carbocycles. The molecule has 1 aliphatic heterocycles. The van der Waals surface area contributed by atoms with Gasteiger partial charge >= 0.3 is 0 Å². The van der Waals surface area contributed by atoms with Gasteiger partial charge in [0.15, 0.2) is 0 Å². The molecule has 0 bridgehead atoms. The first-order valence-corrected chi connectivity index (χ1v) is 4.90. The summed E-state index contributed by atoms with van der Waals surface area (Å²) in [5.41, 5.74) is 0. The standard InChI is InChI=1S/C8H16NOP/c1-9(2,3)5-6-10-8-4-7-11-8/h4,7-8H,5-6H2,1-3H3. The van der Waals surface area contributed by atoms with Crippen LogP contribution in [0.2, 0.25) is 0 Å². The van der Waals surface area contributed by atoms with E-state index in [9.17, 15) is 0 Å². The van der Waals surface area contributed by atoms with Crippen molar-refractivity contribution in [2.75, 3.05) is 34.3 Å². The maximum absolute atomic E-state index is 5.54. The Kier molecular flexibility index (Phi) is 3.06. The van der Waals surface area contributed by atoms with Gasteiger partial charge in [0.2, 0.25) is 0 Å². The molecule has 1 unspecified atom stereocenters. The van der Waals surface area contributed by atoms with E-state index in [0.717, 1.165) is 17.6 Å². The highest BCUT2D eigenvalue weighted by atomic mass is 31.1. The van der Waals surface area contributed by atoms with E-state index in [1.165, 1.54) is 8.58 Å². The van der Waals surface area contributed by atoms with E-state index in [0.29, 0.717) is 5.85 Å². The maximum Gasteiger partial charge on any atom is 0.102 e. The Bertz CT molecular complexity index is 151. The molecule has 0 spiro atoms. The monoisotopic (exact) mass is 173 g/mol. The Hall–Kier alpha value is 0.0900. The van der Waals surface area contributed by atoms with Crippen molar-refractivity contribution >= 4 is 8.58 Å². The minimum Gasteiger partial charge on any atom is -0.478 e. The molecule has 0 saturated heterocycles. The molecule has 11 heavy (non-hydrogen) atoms. The lowest BCUT2D eigenvalue weighted by Gasteiger charge is -2.34. The van der Waals surface area contributed by atoms with Gasteiger partial charge in [0.1, 0.15) is 6.54 Å². The van der Waals surface area contributed by atoms with Crippen molar-refractivity contribution in [2.45, 2.75) is 5.85 Å². The van der Waals surface area contributed by atoms with E-state index in [2.05, 4.69) is 33.0 Å². The van der Waals surface area contributed by atoms with Crippen LogP contribution in [0.5, 0.6) is 0 Å². The van der Waals surface area contributed by atoms with Crippen LogP contribution in [0.4, 0.5) is 0 Å². The first-order chi connectivity index (χ1) is 5.08. The second kappa shape index (κ2) is 3.66. The molecule has 64 valence electrons. The van der Waals surface area contributed by atoms with Crippen LogP contribution in [0.25, 0.3) is 0 Å². The second-order valence-corrected chi connectivity index (χ2v) is 4.87. The normalized spacial score (nSPS) is 25.5. The Morgan fingerprint density at radius 3 is 2.45 bits per heavy atom. The van der Waals surface area contributed by atoms with Gasteiger partial charge in [0, 0.05) is 0 Å². The average molecular weight is 173 g/mol. The van der Waals surface area contributed by atoms with Gasteiger partial charge in [0.25, 0.3) is 0 Å². The molecule has 1 aliphatic rings. The maximum atomic E-state index is 5.54. The molecule has 0 aliphatic carbocycles. The van der Waals surface area contributed by atoms with E-state index >= 15 is 0 Å². The van der Waals surface area contributed by atoms with Crippen LogP contribution in [0, 0.1) is 0 Å². The quantitative estimate of drug-likeness (QED) is 0.462. The number of quaternary nitrogens is 1. The van der Waals surface area contributed by atoms with Gasteiger partial charge < -0.3 is 17.8 Å². The third kappa shape index (κ3) is 3.85. The lowest BCUT2D eigenvalue weighted by atomic mass is 10.5. The van der Waals surface area contributed by atoms with Gasteiger partial charge in [-0.2, -0.15) is 0 Å². The summed E-state index contributed by atoms with van der Waals surface area (Å²) < 4.78 is 6.52. The molecule has 1 atom stereocenters. The molecule has 0 N–H and O–H groups in total. The second-order valence-electron chi connectivity index (χ2n) is 3.77. The summed E-state index contributed by atoms with van der Waals surface area (Å²) in [7, 11) is 7.86. The molecule has 2 nitrogen and oxygen atoms in total. The summed E-state index contributed by atoms with van der Waals surface area (Å²) in [5, 5.41) is 0. The number of hydrogen-bond acceptors (Lipinski definition) is 1. The van der Waals surface area contributed by atoms with Crippen molar-refractivity contribution < 1.29 is 9.22 Å². The Balaban J connectivity index is 2.00. The molecule has 0 fully saturated rings. The third-order valence-corrected chi connectivity index (χ3v) is 2.49. The average Bonchev–Trinajstić information content (AvgIpc) is 1.73. The lowest BCUT2D eigenvalue weighted by Crippen LogP contribution is -2.38. The summed E-state index contributed by atoms with van der Waals surface area (Å²) in [6.07, 6.45) is 2.11. The fourth-order valence-electron chi connectivity index (χ4n) is 0.702. The predicted octanol–water partition coefficient (Wildman–Crippen LogP) is 1.51. The fourth-order valence-corrected chi connectivity index (χ4v) is 1.21. The minimum atomic E-state index is 0.390. The lowest BCUT2D eigenvalue weighted by molar-refractivity contribution is -0.870. The van der Waals surface area contributed by atoms with Crippen LogP contribution < -0.4 is 0 Å². The molecule has 1 heterocycles. The van der Waals surface area contributed by atoms with E-state index in [4.69, 9.17) is 4.74 Å². The van der Waals surface area contributed by atoms with Crippen LogP contribution in [0.15, 0.2) is 11.9 Å². The summed E-state index contributed by atoms with van der Waals surface area (Å²) in [5.74, 6) is 2.51. The van der Waals surface area contributed by atoms with Gasteiger partial charge in [-0.15, -0.1) is 6.08 Å². The van der Waals surface area contributed by atoms with Crippen molar-refractivity contribution in [1.82, 2.24) is 0 Å². The van der Waals surface area contributed by atoms with Gasteiger partial charge in [-0.05, 0) is 5.85 Å². The minimum absolute atomic E-state index is 0.390. The molecule has 0 saturated carbocycles. The zero-order valence-electron chi connectivity index (χ0n) is 7.45. The van der Waals surface area contributed by atoms with Crippen molar-refractivity contribution in [1.29, 1.82) is 0 Å². The zero-order valence-corrected chi connectivity index (χ0v) is 8.34. The van der Waals surface area contributed by atoms with Crippen molar-refractivity contribution in [3.63, 3.8) is 0 Å². The molecular weight excluding hydrogens is 157 g/mol. The SMILES string of the molecule is C[N+](C)(C)CCOC1C=C[P-]1. The predicted molar refractivity (Wildman–Crippen MR) is 48.7 cm³/mol. The molecule has 0 radical (unpaired) electrons. The number of ether oxygens (including phenoxy) is 1. The van der Waals surface area contributed by atoms with Gasteiger partial charge in [0.05, 0.1) is 27.7 Å². The molecule has 1 rings (SSSR count). The first-order valence-electron chi connectivity index (χ1n) is 3.87. The van der Waals surface area contributed by atoms with Gasteiger partial charge in [-0.25, -0.2) is 5.82 Å². The van der Waals surface area contributed by atoms with Crippen LogP contribution in [-0.4, -0.2) is 44.6 Å². The Morgan fingerprint density at radius 2 is 2.09 bits per heavy atom. The molecule has 0 aromatic rings. The molecule has 0 aromatic heterocycles. The van der Waals surface area contributed by atoms with Crippen LogP contribution >= 0.6 is 8.58 Å². The highest BCUT2D eigenvalue weighted by Gasteiger charge is 2.06. The smallest absolute Gasteiger partial charge is 0.102 e. The van der Waals surface area contributed by atoms with E-state index < -0.39 is 0 Å². The summed E-state index contributed by atoms with van der Waals surface area (Å²) in [6, 6.07) is 0. The van der Waals surface area contributed by atoms with Crippen molar-refractivity contribution in [2.24, 2.45) is 0 Å². The number of hydrogen-bond donors (Lipinski definition) is 0. The van der Waals surface area contributed by atoms with E-state index in [-0.39, 0.29) is 0 Å². The van der Waals surface area contributed by atoms with E-state index in [1.54, 1.807) is 0 Å². The molecule has 0 amide bonds. The summed E-state index contributed by atoms with van der Waals surface area (Å²) in [6.45, 7) is 1.95. The highest BCUT2D eigenvalue weighted by Crippen LogP contribution is 2.32. The van der Waals surface area contributed by atoms with Crippen LogP contribution in [0.3, 0.4) is 0 Å². The Labute approximate surface area is 70.6 Å². The zero-order chi connectivity index (χ0) is 8.32. The van der Waals surface area contributed by atoms with E-state index in [1.807, 2.05) is 0 Å².